The van der Waals surface area contributed by atoms with E-state index in [4.69, 9.17) is 0 Å². The van der Waals surface area contributed by atoms with E-state index in [9.17, 15) is 4.79 Å². The molecule has 178 valence electrons. The Morgan fingerprint density at radius 2 is 1.29 bits per heavy atom. The third-order valence-corrected chi connectivity index (χ3v) is 6.29. The normalized spacial score (nSPS) is 10.6. The largest absolute Gasteiger partial charge is 0.325 e. The number of rotatable bonds is 8. The molecule has 1 amide bonds. The van der Waals surface area contributed by atoms with Gasteiger partial charge in [-0.2, -0.15) is 15.0 Å². The van der Waals surface area contributed by atoms with Crippen molar-refractivity contribution in [1.29, 1.82) is 0 Å². The average Bonchev–Trinajstić information content (AvgIpc) is 2.84. The van der Waals surface area contributed by atoms with E-state index < -0.39 is 0 Å². The summed E-state index contributed by atoms with van der Waals surface area (Å²) in [7, 11) is 0. The lowest BCUT2D eigenvalue weighted by molar-refractivity contribution is -0.113. The maximum Gasteiger partial charge on any atom is 0.234 e. The monoisotopic (exact) mass is 484 g/mol. The average molecular weight is 485 g/mol. The third kappa shape index (κ3) is 6.80. The van der Waals surface area contributed by atoms with Gasteiger partial charge in [-0.25, -0.2) is 0 Å². The van der Waals surface area contributed by atoms with E-state index in [0.29, 0.717) is 17.1 Å². The highest BCUT2D eigenvalue weighted by molar-refractivity contribution is 7.99. The predicted octanol–water partition coefficient (Wildman–Crippen LogP) is 6.32. The molecule has 1 heterocycles. The molecule has 0 aliphatic carbocycles. The summed E-state index contributed by atoms with van der Waals surface area (Å²) < 4.78 is 0. The van der Waals surface area contributed by atoms with Gasteiger partial charge in [0.05, 0.1) is 5.75 Å². The van der Waals surface area contributed by atoms with E-state index in [1.165, 1.54) is 22.9 Å². The van der Waals surface area contributed by atoms with Crippen LogP contribution in [0.25, 0.3) is 0 Å². The van der Waals surface area contributed by atoms with E-state index in [1.54, 1.807) is 0 Å². The topological polar surface area (TPSA) is 91.8 Å². The van der Waals surface area contributed by atoms with Gasteiger partial charge >= 0.3 is 0 Å². The van der Waals surface area contributed by atoms with Crippen molar-refractivity contribution in [2.45, 2.75) is 32.9 Å². The smallest absolute Gasteiger partial charge is 0.234 e. The van der Waals surface area contributed by atoms with Crippen molar-refractivity contribution in [2.75, 3.05) is 21.7 Å². The molecule has 3 N–H and O–H groups in total. The molecule has 7 nitrogen and oxygen atoms in total. The Kier molecular flexibility index (Phi) is 7.62. The summed E-state index contributed by atoms with van der Waals surface area (Å²) in [4.78, 5) is 26.2. The lowest BCUT2D eigenvalue weighted by atomic mass is 10.1. The summed E-state index contributed by atoms with van der Waals surface area (Å²) >= 11 is 1.26. The Bertz CT molecular complexity index is 1260. The van der Waals surface area contributed by atoms with Gasteiger partial charge in [0.25, 0.3) is 0 Å². The number of aromatic nitrogens is 3. The van der Waals surface area contributed by atoms with Crippen LogP contribution in [0.1, 0.15) is 22.3 Å². The van der Waals surface area contributed by atoms with Gasteiger partial charge in [-0.15, -0.1) is 0 Å². The van der Waals surface area contributed by atoms with Crippen LogP contribution >= 0.6 is 11.8 Å². The minimum absolute atomic E-state index is 0.120. The second-order valence-corrected chi connectivity index (χ2v) is 9.27. The Hall–Kier alpha value is -3.91. The van der Waals surface area contributed by atoms with Crippen LogP contribution in [-0.2, 0) is 4.79 Å². The maximum absolute atomic E-state index is 12.6. The highest BCUT2D eigenvalue weighted by Crippen LogP contribution is 2.23. The van der Waals surface area contributed by atoms with Crippen molar-refractivity contribution in [3.05, 3.63) is 89.0 Å². The number of anilines is 5. The number of benzene rings is 3. The highest BCUT2D eigenvalue weighted by Gasteiger charge is 2.12. The number of carbonyl (C=O) groups excluding carboxylic acids is 1. The highest BCUT2D eigenvalue weighted by atomic mass is 32.2. The van der Waals surface area contributed by atoms with E-state index in [0.717, 1.165) is 28.2 Å². The Balaban J connectivity index is 1.52. The second kappa shape index (κ2) is 11.0. The summed E-state index contributed by atoms with van der Waals surface area (Å²) in [5, 5.41) is 9.89. The lowest BCUT2D eigenvalue weighted by Gasteiger charge is -2.12. The van der Waals surface area contributed by atoms with Crippen LogP contribution in [-0.4, -0.2) is 26.6 Å². The van der Waals surface area contributed by atoms with Crippen LogP contribution < -0.4 is 16.0 Å². The van der Waals surface area contributed by atoms with Gasteiger partial charge in [0, 0.05) is 17.1 Å². The van der Waals surface area contributed by atoms with Crippen LogP contribution in [0.2, 0.25) is 0 Å². The van der Waals surface area contributed by atoms with Crippen molar-refractivity contribution in [3.8, 4) is 0 Å². The SMILES string of the molecule is Cc1ccc(Nc2nc(Nc3ccc(C)cc3)nc(SCC(=O)Nc3cccc(C)c3C)n2)cc1. The number of amides is 1. The number of nitrogens with zero attached hydrogens (tertiary/aromatic N) is 3. The molecule has 35 heavy (non-hydrogen) atoms. The zero-order valence-electron chi connectivity index (χ0n) is 20.2. The molecule has 3 aromatic carbocycles. The van der Waals surface area contributed by atoms with Crippen LogP contribution in [0.4, 0.5) is 29.0 Å². The minimum atomic E-state index is -0.120. The fraction of sp³-hybridized carbons (Fsp3) is 0.185. The summed E-state index contributed by atoms with van der Waals surface area (Å²) in [5.74, 6) is 0.850. The molecule has 0 aliphatic heterocycles. The molecule has 8 heteroatoms. The fourth-order valence-corrected chi connectivity index (χ4v) is 3.90. The van der Waals surface area contributed by atoms with Gasteiger partial charge in [0.2, 0.25) is 17.8 Å². The van der Waals surface area contributed by atoms with Gasteiger partial charge in [0.1, 0.15) is 0 Å². The molecular formula is C27H28N6OS. The zero-order valence-corrected chi connectivity index (χ0v) is 21.0. The summed E-state index contributed by atoms with van der Waals surface area (Å²) in [5.41, 5.74) is 7.07. The molecule has 0 aliphatic rings. The molecule has 0 unspecified atom stereocenters. The van der Waals surface area contributed by atoms with E-state index in [2.05, 4.69) is 30.9 Å². The summed E-state index contributed by atoms with van der Waals surface area (Å²) in [6.07, 6.45) is 0. The van der Waals surface area contributed by atoms with Crippen molar-refractivity contribution in [1.82, 2.24) is 15.0 Å². The van der Waals surface area contributed by atoms with Crippen LogP contribution in [0.3, 0.4) is 0 Å². The van der Waals surface area contributed by atoms with Crippen molar-refractivity contribution >= 4 is 46.6 Å². The first-order valence-corrected chi connectivity index (χ1v) is 12.3. The Morgan fingerprint density at radius 3 is 1.83 bits per heavy atom. The number of nitrogens with one attached hydrogen (secondary N) is 3. The quantitative estimate of drug-likeness (QED) is 0.252. The Labute approximate surface area is 209 Å². The molecule has 0 atom stereocenters. The Morgan fingerprint density at radius 1 is 0.743 bits per heavy atom. The molecule has 0 radical (unpaired) electrons. The molecular weight excluding hydrogens is 456 g/mol. The molecule has 1 aromatic heterocycles. The minimum Gasteiger partial charge on any atom is -0.325 e. The van der Waals surface area contributed by atoms with Gasteiger partial charge in [0.15, 0.2) is 5.16 Å². The number of carbonyl (C=O) groups is 1. The molecule has 4 rings (SSSR count). The standard InChI is InChI=1S/C27H28N6OS/c1-17-8-12-21(13-9-17)28-25-31-26(29-22-14-10-18(2)11-15-22)33-27(32-25)35-16-24(34)30-23-7-5-6-19(3)20(23)4/h5-15H,16H2,1-4H3,(H,30,34)(H2,28,29,31,32,33). The zero-order chi connectivity index (χ0) is 24.8. The predicted molar refractivity (Wildman–Crippen MR) is 144 cm³/mol. The number of aryl methyl sites for hydroxylation is 3. The summed E-state index contributed by atoms with van der Waals surface area (Å²) in [6, 6.07) is 21.8. The molecule has 0 spiro atoms. The van der Waals surface area contributed by atoms with Crippen molar-refractivity contribution in [2.24, 2.45) is 0 Å². The van der Waals surface area contributed by atoms with Gasteiger partial charge in [-0.1, -0.05) is 59.3 Å². The molecule has 0 fully saturated rings. The van der Waals surface area contributed by atoms with Crippen LogP contribution in [0, 0.1) is 27.7 Å². The van der Waals surface area contributed by atoms with Crippen molar-refractivity contribution < 1.29 is 4.79 Å². The van der Waals surface area contributed by atoms with Gasteiger partial charge in [-0.3, -0.25) is 4.79 Å². The van der Waals surface area contributed by atoms with Crippen LogP contribution in [0.15, 0.2) is 71.9 Å². The molecule has 0 saturated heterocycles. The molecule has 0 bridgehead atoms. The van der Waals surface area contributed by atoms with Crippen LogP contribution in [0.5, 0.6) is 0 Å². The van der Waals surface area contributed by atoms with E-state index >= 15 is 0 Å². The fourth-order valence-electron chi connectivity index (χ4n) is 3.27. The molecule has 4 aromatic rings. The van der Waals surface area contributed by atoms with Gasteiger partial charge in [-0.05, 0) is 69.2 Å². The van der Waals surface area contributed by atoms with Gasteiger partial charge < -0.3 is 16.0 Å². The number of hydrogen-bond donors (Lipinski definition) is 3. The second-order valence-electron chi connectivity index (χ2n) is 8.33. The summed E-state index contributed by atoms with van der Waals surface area (Å²) in [6.45, 7) is 8.09. The lowest BCUT2D eigenvalue weighted by Crippen LogP contribution is -2.15. The van der Waals surface area contributed by atoms with Crippen molar-refractivity contribution in [3.63, 3.8) is 0 Å². The maximum atomic E-state index is 12.6. The van der Waals surface area contributed by atoms with E-state index in [-0.39, 0.29) is 11.7 Å². The number of hydrogen-bond acceptors (Lipinski definition) is 7. The first kappa shape index (κ1) is 24.2. The van der Waals surface area contributed by atoms with E-state index in [1.807, 2.05) is 94.4 Å². The number of thioether (sulfide) groups is 1. The first-order chi connectivity index (χ1) is 16.9. The molecule has 0 saturated carbocycles. The third-order valence-electron chi connectivity index (χ3n) is 5.44. The first-order valence-electron chi connectivity index (χ1n) is 11.3.